The molecular weight excluding hydrogens is 459 g/mol. The molecule has 0 saturated carbocycles. The van der Waals surface area contributed by atoms with Gasteiger partial charge in [0.05, 0.1) is 41.3 Å². The molecule has 0 saturated heterocycles. The quantitative estimate of drug-likeness (QED) is 0.427. The Kier molecular flexibility index (Phi) is 6.30. The molecule has 0 bridgehead atoms. The predicted octanol–water partition coefficient (Wildman–Crippen LogP) is 4.36. The van der Waals surface area contributed by atoms with Gasteiger partial charge in [0.25, 0.3) is 5.56 Å². The number of aryl methyl sites for hydroxylation is 1. The van der Waals surface area contributed by atoms with Gasteiger partial charge in [-0.3, -0.25) is 14.3 Å². The normalized spacial score (nSPS) is 10.7. The molecule has 0 N–H and O–H groups in total. The van der Waals surface area contributed by atoms with Gasteiger partial charge in [-0.15, -0.1) is 0 Å². The summed E-state index contributed by atoms with van der Waals surface area (Å²) in [4.78, 5) is 31.5. The highest BCUT2D eigenvalue weighted by molar-refractivity contribution is 6.31. The third-order valence-electron chi connectivity index (χ3n) is 5.27. The van der Waals surface area contributed by atoms with Crippen LogP contribution in [0, 0.1) is 24.1 Å². The van der Waals surface area contributed by atoms with Crippen LogP contribution in [0.4, 0.5) is 4.39 Å². The number of halogens is 2. The number of methoxy groups -OCH3 is 1. The van der Waals surface area contributed by atoms with E-state index in [4.69, 9.17) is 16.3 Å². The van der Waals surface area contributed by atoms with Crippen LogP contribution in [0.1, 0.15) is 5.56 Å². The Morgan fingerprint density at radius 3 is 2.41 bits per heavy atom. The molecule has 4 rings (SSSR count). The minimum atomic E-state index is -0.707. The van der Waals surface area contributed by atoms with Crippen LogP contribution in [-0.2, 0) is 6.54 Å². The molecular formula is C25H18ClFN4O3. The fraction of sp³-hybridized carbons (Fsp3) is 0.120. The lowest BCUT2D eigenvalue weighted by Crippen LogP contribution is -2.40. The van der Waals surface area contributed by atoms with Crippen molar-refractivity contribution in [2.24, 2.45) is 0 Å². The van der Waals surface area contributed by atoms with E-state index in [2.05, 4.69) is 4.98 Å². The lowest BCUT2D eigenvalue weighted by atomic mass is 9.99. The Morgan fingerprint density at radius 1 is 1.09 bits per heavy atom. The molecule has 0 atom stereocenters. The minimum absolute atomic E-state index is 0.0865. The summed E-state index contributed by atoms with van der Waals surface area (Å²) in [6.07, 6.45) is 2.98. The second-order valence-corrected chi connectivity index (χ2v) is 7.88. The van der Waals surface area contributed by atoms with Gasteiger partial charge in [-0.05, 0) is 66.1 Å². The maximum absolute atomic E-state index is 13.9. The molecule has 2 heterocycles. The first-order valence-corrected chi connectivity index (χ1v) is 10.5. The Morgan fingerprint density at radius 2 is 1.79 bits per heavy atom. The third kappa shape index (κ3) is 4.09. The lowest BCUT2D eigenvalue weighted by molar-refractivity contribution is 0.415. The SMILES string of the molecule is COc1ccc(-c2c(-c3ccc(F)c(Cl)c3)c(=O)n(-c3cncc(C)c3)c(=O)n2CC#N)cc1. The lowest BCUT2D eigenvalue weighted by Gasteiger charge is -2.19. The van der Waals surface area contributed by atoms with E-state index in [0.717, 1.165) is 16.2 Å². The third-order valence-corrected chi connectivity index (χ3v) is 5.55. The van der Waals surface area contributed by atoms with Crippen molar-refractivity contribution in [2.45, 2.75) is 13.5 Å². The topological polar surface area (TPSA) is 89.9 Å². The van der Waals surface area contributed by atoms with Gasteiger partial charge in [-0.2, -0.15) is 5.26 Å². The van der Waals surface area contributed by atoms with Crippen LogP contribution in [0.3, 0.4) is 0 Å². The summed E-state index contributed by atoms with van der Waals surface area (Å²) >= 11 is 6.03. The van der Waals surface area contributed by atoms with Crippen LogP contribution in [0.25, 0.3) is 28.1 Å². The molecule has 170 valence electrons. The Hall–Kier alpha value is -4.22. The molecule has 0 amide bonds. The molecule has 0 unspecified atom stereocenters. The first kappa shape index (κ1) is 23.0. The summed E-state index contributed by atoms with van der Waals surface area (Å²) in [5, 5.41) is 9.33. The average molecular weight is 477 g/mol. The average Bonchev–Trinajstić information content (AvgIpc) is 2.83. The zero-order chi connectivity index (χ0) is 24.4. The number of benzene rings is 2. The summed E-state index contributed by atoms with van der Waals surface area (Å²) < 4.78 is 21.3. The van der Waals surface area contributed by atoms with Crippen molar-refractivity contribution in [3.05, 3.63) is 98.2 Å². The van der Waals surface area contributed by atoms with Gasteiger partial charge in [-0.25, -0.2) is 13.8 Å². The summed E-state index contributed by atoms with van der Waals surface area (Å²) in [5.74, 6) is -0.0755. The molecule has 0 fully saturated rings. The first-order valence-electron chi connectivity index (χ1n) is 10.1. The number of hydrogen-bond donors (Lipinski definition) is 0. The highest BCUT2D eigenvalue weighted by atomic mass is 35.5. The first-order chi connectivity index (χ1) is 16.3. The van der Waals surface area contributed by atoms with Crippen molar-refractivity contribution < 1.29 is 9.13 Å². The monoisotopic (exact) mass is 476 g/mol. The van der Waals surface area contributed by atoms with Crippen LogP contribution >= 0.6 is 11.6 Å². The fourth-order valence-electron chi connectivity index (χ4n) is 3.72. The maximum atomic E-state index is 13.9. The Balaban J connectivity index is 2.18. The van der Waals surface area contributed by atoms with Gasteiger partial charge < -0.3 is 4.74 Å². The van der Waals surface area contributed by atoms with E-state index in [0.29, 0.717) is 16.9 Å². The number of hydrogen-bond acceptors (Lipinski definition) is 5. The molecule has 0 aliphatic carbocycles. The second-order valence-electron chi connectivity index (χ2n) is 7.47. The van der Waals surface area contributed by atoms with Gasteiger partial charge >= 0.3 is 5.69 Å². The Labute approximate surface area is 198 Å². The molecule has 34 heavy (non-hydrogen) atoms. The zero-order valence-electron chi connectivity index (χ0n) is 18.3. The van der Waals surface area contributed by atoms with Crippen molar-refractivity contribution >= 4 is 11.6 Å². The van der Waals surface area contributed by atoms with Crippen molar-refractivity contribution in [1.29, 1.82) is 5.26 Å². The zero-order valence-corrected chi connectivity index (χ0v) is 19.0. The van der Waals surface area contributed by atoms with Crippen molar-refractivity contribution in [2.75, 3.05) is 7.11 Å². The number of nitriles is 1. The van der Waals surface area contributed by atoms with E-state index in [9.17, 15) is 19.2 Å². The summed E-state index contributed by atoms with van der Waals surface area (Å²) in [6.45, 7) is 1.45. The molecule has 0 aliphatic heterocycles. The van der Waals surface area contributed by atoms with Crippen LogP contribution in [0.15, 0.2) is 70.5 Å². The number of pyridine rings is 1. The van der Waals surface area contributed by atoms with E-state index >= 15 is 0 Å². The number of aromatic nitrogens is 3. The van der Waals surface area contributed by atoms with Crippen LogP contribution < -0.4 is 16.0 Å². The number of ether oxygens (including phenoxy) is 1. The van der Waals surface area contributed by atoms with E-state index in [1.54, 1.807) is 43.5 Å². The van der Waals surface area contributed by atoms with Gasteiger partial charge in [0.15, 0.2) is 0 Å². The van der Waals surface area contributed by atoms with Crippen molar-refractivity contribution in [3.8, 4) is 39.9 Å². The second kappa shape index (κ2) is 9.33. The standard InChI is InChI=1S/C25H18ClFN4O3/c1-15-11-18(14-29-13-15)31-24(32)22(17-5-8-21(27)20(26)12-17)23(30(10-9-28)25(31)33)16-3-6-19(34-2)7-4-16/h3-8,11-14H,10H2,1-2H3. The fourth-order valence-corrected chi connectivity index (χ4v) is 3.90. The predicted molar refractivity (Wildman–Crippen MR) is 127 cm³/mol. The van der Waals surface area contributed by atoms with Crippen molar-refractivity contribution in [1.82, 2.24) is 14.1 Å². The number of nitrogens with zero attached hydrogens (tertiary/aromatic N) is 4. The molecule has 7 nitrogen and oxygen atoms in total. The molecule has 2 aromatic heterocycles. The van der Waals surface area contributed by atoms with E-state index in [1.807, 2.05) is 6.07 Å². The van der Waals surface area contributed by atoms with Gasteiger partial charge in [0.2, 0.25) is 0 Å². The van der Waals surface area contributed by atoms with Crippen LogP contribution in [-0.4, -0.2) is 21.2 Å². The highest BCUT2D eigenvalue weighted by Gasteiger charge is 2.23. The molecule has 4 aromatic rings. The van der Waals surface area contributed by atoms with Crippen LogP contribution in [0.2, 0.25) is 5.02 Å². The van der Waals surface area contributed by atoms with E-state index in [-0.39, 0.29) is 28.5 Å². The molecule has 0 aliphatic rings. The summed E-state index contributed by atoms with van der Waals surface area (Å²) in [7, 11) is 1.52. The van der Waals surface area contributed by atoms with Gasteiger partial charge in [0, 0.05) is 6.20 Å². The smallest absolute Gasteiger partial charge is 0.337 e. The summed E-state index contributed by atoms with van der Waals surface area (Å²) in [5.41, 5.74) is 0.709. The van der Waals surface area contributed by atoms with Crippen LogP contribution in [0.5, 0.6) is 5.75 Å². The minimum Gasteiger partial charge on any atom is -0.497 e. The molecule has 2 aromatic carbocycles. The highest BCUT2D eigenvalue weighted by Crippen LogP contribution is 2.32. The molecule has 0 radical (unpaired) electrons. The largest absolute Gasteiger partial charge is 0.497 e. The van der Waals surface area contributed by atoms with Crippen molar-refractivity contribution in [3.63, 3.8) is 0 Å². The summed E-state index contributed by atoms with van der Waals surface area (Å²) in [6, 6.07) is 14.2. The van der Waals surface area contributed by atoms with Gasteiger partial charge in [-0.1, -0.05) is 17.7 Å². The Bertz CT molecular complexity index is 1550. The maximum Gasteiger partial charge on any atom is 0.337 e. The molecule has 0 spiro atoms. The van der Waals surface area contributed by atoms with E-state index in [1.165, 1.54) is 30.0 Å². The van der Waals surface area contributed by atoms with E-state index < -0.39 is 17.1 Å². The van der Waals surface area contributed by atoms with Gasteiger partial charge in [0.1, 0.15) is 18.1 Å². The number of rotatable bonds is 5. The molecule has 9 heteroatoms.